The number of thiophene rings is 1. The first kappa shape index (κ1) is 18.5. The molecule has 2 N–H and O–H groups in total. The number of anilines is 1. The lowest BCUT2D eigenvalue weighted by atomic mass is 10.1. The van der Waals surface area contributed by atoms with Crippen LogP contribution in [0.4, 0.5) is 10.5 Å². The van der Waals surface area contributed by atoms with Gasteiger partial charge in [0.05, 0.1) is 20.3 Å². The van der Waals surface area contributed by atoms with E-state index >= 15 is 0 Å². The molecule has 2 amide bonds. The molecule has 1 aliphatic rings. The standard InChI is InChI=1S/C19H25N3O3S/c1-24-16-9-15(10-17(11-16)25-2)21-19(23)20-12-18(14-5-8-26-13-14)22-6-3-4-7-22/h5,8-11,13,18H,3-4,6-7,12H2,1-2H3,(H2,20,21,23)/t18-/m1/s1. The van der Waals surface area contributed by atoms with Gasteiger partial charge in [0.15, 0.2) is 0 Å². The highest BCUT2D eigenvalue weighted by molar-refractivity contribution is 7.07. The molecule has 0 unspecified atom stereocenters. The number of nitrogens with one attached hydrogen (secondary N) is 2. The number of ether oxygens (including phenoxy) is 2. The van der Waals surface area contributed by atoms with Gasteiger partial charge in [-0.25, -0.2) is 4.79 Å². The largest absolute Gasteiger partial charge is 0.497 e. The summed E-state index contributed by atoms with van der Waals surface area (Å²) in [6, 6.07) is 7.41. The quantitative estimate of drug-likeness (QED) is 0.774. The van der Waals surface area contributed by atoms with Gasteiger partial charge in [-0.2, -0.15) is 11.3 Å². The zero-order valence-electron chi connectivity index (χ0n) is 15.2. The van der Waals surface area contributed by atoms with Crippen molar-refractivity contribution in [2.45, 2.75) is 18.9 Å². The number of methoxy groups -OCH3 is 2. The Morgan fingerprint density at radius 2 is 1.88 bits per heavy atom. The maximum absolute atomic E-state index is 12.4. The van der Waals surface area contributed by atoms with Crippen molar-refractivity contribution < 1.29 is 14.3 Å². The van der Waals surface area contributed by atoms with Gasteiger partial charge < -0.3 is 20.1 Å². The number of benzene rings is 1. The summed E-state index contributed by atoms with van der Waals surface area (Å²) in [6.45, 7) is 2.73. The zero-order chi connectivity index (χ0) is 18.4. The van der Waals surface area contributed by atoms with E-state index in [9.17, 15) is 4.79 Å². The van der Waals surface area contributed by atoms with E-state index in [1.165, 1.54) is 18.4 Å². The molecule has 7 heteroatoms. The molecule has 2 heterocycles. The highest BCUT2D eigenvalue weighted by Gasteiger charge is 2.24. The molecule has 0 aliphatic carbocycles. The fourth-order valence-corrected chi connectivity index (χ4v) is 3.93. The molecule has 0 radical (unpaired) electrons. The Morgan fingerprint density at radius 1 is 1.19 bits per heavy atom. The SMILES string of the molecule is COc1cc(NC(=O)NC[C@H](c2ccsc2)N2CCCC2)cc(OC)c1. The second kappa shape index (κ2) is 8.91. The smallest absolute Gasteiger partial charge is 0.319 e. The summed E-state index contributed by atoms with van der Waals surface area (Å²) < 4.78 is 10.5. The Balaban J connectivity index is 1.62. The average Bonchev–Trinajstić information content (AvgIpc) is 3.36. The van der Waals surface area contributed by atoms with Crippen LogP contribution in [0.25, 0.3) is 0 Å². The first-order valence-electron chi connectivity index (χ1n) is 8.73. The van der Waals surface area contributed by atoms with E-state index in [-0.39, 0.29) is 12.1 Å². The number of likely N-dealkylation sites (tertiary alicyclic amines) is 1. The Labute approximate surface area is 158 Å². The van der Waals surface area contributed by atoms with Gasteiger partial charge in [0.2, 0.25) is 0 Å². The zero-order valence-corrected chi connectivity index (χ0v) is 16.0. The van der Waals surface area contributed by atoms with Crippen LogP contribution in [0.5, 0.6) is 11.5 Å². The van der Waals surface area contributed by atoms with Crippen LogP contribution in [0.1, 0.15) is 24.4 Å². The second-order valence-electron chi connectivity index (χ2n) is 6.25. The highest BCUT2D eigenvalue weighted by atomic mass is 32.1. The molecule has 26 heavy (non-hydrogen) atoms. The average molecular weight is 375 g/mol. The van der Waals surface area contributed by atoms with Gasteiger partial charge >= 0.3 is 6.03 Å². The van der Waals surface area contributed by atoms with E-state index < -0.39 is 0 Å². The summed E-state index contributed by atoms with van der Waals surface area (Å²) in [5.41, 5.74) is 1.90. The van der Waals surface area contributed by atoms with Crippen molar-refractivity contribution in [3.05, 3.63) is 40.6 Å². The van der Waals surface area contributed by atoms with Crippen LogP contribution < -0.4 is 20.1 Å². The second-order valence-corrected chi connectivity index (χ2v) is 7.03. The van der Waals surface area contributed by atoms with Crippen LogP contribution in [-0.4, -0.2) is 44.8 Å². The van der Waals surface area contributed by atoms with Gasteiger partial charge in [0.25, 0.3) is 0 Å². The van der Waals surface area contributed by atoms with E-state index in [0.29, 0.717) is 23.7 Å². The van der Waals surface area contributed by atoms with Crippen LogP contribution in [0.15, 0.2) is 35.0 Å². The molecule has 1 aromatic heterocycles. The number of carbonyl (C=O) groups excluding carboxylic acids is 1. The first-order valence-corrected chi connectivity index (χ1v) is 9.68. The number of hydrogen-bond acceptors (Lipinski definition) is 5. The summed E-state index contributed by atoms with van der Waals surface area (Å²) in [5.74, 6) is 1.26. The van der Waals surface area contributed by atoms with Gasteiger partial charge in [-0.05, 0) is 48.3 Å². The van der Waals surface area contributed by atoms with E-state index in [0.717, 1.165) is 13.1 Å². The molecule has 1 aromatic carbocycles. The molecule has 3 rings (SSSR count). The van der Waals surface area contributed by atoms with E-state index in [2.05, 4.69) is 32.4 Å². The van der Waals surface area contributed by atoms with E-state index in [1.807, 2.05) is 0 Å². The predicted octanol–water partition coefficient (Wildman–Crippen LogP) is 3.72. The molecule has 1 atom stereocenters. The number of nitrogens with zero attached hydrogens (tertiary/aromatic N) is 1. The van der Waals surface area contributed by atoms with Crippen LogP contribution in [-0.2, 0) is 0 Å². The molecule has 6 nitrogen and oxygen atoms in total. The molecule has 1 saturated heterocycles. The molecule has 140 valence electrons. The fourth-order valence-electron chi connectivity index (χ4n) is 3.22. The van der Waals surface area contributed by atoms with Crippen LogP contribution in [0, 0.1) is 0 Å². The fraction of sp³-hybridized carbons (Fsp3) is 0.421. The highest BCUT2D eigenvalue weighted by Crippen LogP contribution is 2.27. The lowest BCUT2D eigenvalue weighted by Gasteiger charge is -2.27. The summed E-state index contributed by atoms with van der Waals surface area (Å²) in [5, 5.41) is 10.1. The van der Waals surface area contributed by atoms with Crippen LogP contribution in [0.3, 0.4) is 0 Å². The van der Waals surface area contributed by atoms with Crippen molar-refractivity contribution in [2.24, 2.45) is 0 Å². The minimum atomic E-state index is -0.236. The lowest BCUT2D eigenvalue weighted by Crippen LogP contribution is -2.38. The minimum Gasteiger partial charge on any atom is -0.497 e. The van der Waals surface area contributed by atoms with Crippen molar-refractivity contribution in [1.29, 1.82) is 0 Å². The van der Waals surface area contributed by atoms with Crippen molar-refractivity contribution in [2.75, 3.05) is 39.2 Å². The first-order chi connectivity index (χ1) is 12.7. The topological polar surface area (TPSA) is 62.8 Å². The number of carbonyl (C=O) groups is 1. The Morgan fingerprint density at radius 3 is 2.46 bits per heavy atom. The van der Waals surface area contributed by atoms with Gasteiger partial charge in [-0.15, -0.1) is 0 Å². The Bertz CT molecular complexity index is 693. The lowest BCUT2D eigenvalue weighted by molar-refractivity contribution is 0.228. The summed E-state index contributed by atoms with van der Waals surface area (Å²) in [7, 11) is 3.17. The molecule has 0 spiro atoms. The van der Waals surface area contributed by atoms with Gasteiger partial charge in [-0.3, -0.25) is 4.90 Å². The monoisotopic (exact) mass is 375 g/mol. The maximum Gasteiger partial charge on any atom is 0.319 e. The summed E-state index contributed by atoms with van der Waals surface area (Å²) >= 11 is 1.69. The third-order valence-corrected chi connectivity index (χ3v) is 5.28. The number of amides is 2. The summed E-state index contributed by atoms with van der Waals surface area (Å²) in [6.07, 6.45) is 2.44. The molecule has 1 aliphatic heterocycles. The molecule has 1 fully saturated rings. The number of urea groups is 1. The van der Waals surface area contributed by atoms with Crippen molar-refractivity contribution in [3.8, 4) is 11.5 Å². The van der Waals surface area contributed by atoms with E-state index in [4.69, 9.17) is 9.47 Å². The van der Waals surface area contributed by atoms with E-state index in [1.54, 1.807) is 43.8 Å². The van der Waals surface area contributed by atoms with Gasteiger partial charge in [0.1, 0.15) is 11.5 Å². The third-order valence-electron chi connectivity index (χ3n) is 4.57. The van der Waals surface area contributed by atoms with Crippen LogP contribution in [0.2, 0.25) is 0 Å². The van der Waals surface area contributed by atoms with Crippen molar-refractivity contribution in [3.63, 3.8) is 0 Å². The molecule has 2 aromatic rings. The number of rotatable bonds is 7. The van der Waals surface area contributed by atoms with Gasteiger partial charge in [0, 0.05) is 30.4 Å². The maximum atomic E-state index is 12.4. The molecular weight excluding hydrogens is 350 g/mol. The molecule has 0 bridgehead atoms. The minimum absolute atomic E-state index is 0.217. The number of hydrogen-bond donors (Lipinski definition) is 2. The third kappa shape index (κ3) is 4.68. The predicted molar refractivity (Wildman–Crippen MR) is 104 cm³/mol. The Kier molecular flexibility index (Phi) is 6.35. The van der Waals surface area contributed by atoms with Gasteiger partial charge in [-0.1, -0.05) is 0 Å². The normalized spacial score (nSPS) is 15.5. The molecule has 0 saturated carbocycles. The Hall–Kier alpha value is -2.25. The van der Waals surface area contributed by atoms with Crippen LogP contribution >= 0.6 is 11.3 Å². The van der Waals surface area contributed by atoms with Crippen molar-refractivity contribution in [1.82, 2.24) is 10.2 Å². The van der Waals surface area contributed by atoms with Crippen molar-refractivity contribution >= 4 is 23.1 Å². The molecular formula is C19H25N3O3S. The summed E-state index contributed by atoms with van der Waals surface area (Å²) in [4.78, 5) is 14.8.